The van der Waals surface area contributed by atoms with Crippen molar-refractivity contribution in [1.29, 1.82) is 0 Å². The Morgan fingerprint density at radius 3 is 2.57 bits per heavy atom. The van der Waals surface area contributed by atoms with E-state index in [1.165, 1.54) is 5.56 Å². The summed E-state index contributed by atoms with van der Waals surface area (Å²) in [6.45, 7) is 7.14. The first-order chi connectivity index (χ1) is 6.63. The van der Waals surface area contributed by atoms with Gasteiger partial charge in [0.2, 0.25) is 0 Å². The van der Waals surface area contributed by atoms with Crippen molar-refractivity contribution in [1.82, 2.24) is 0 Å². The first kappa shape index (κ1) is 10.9. The first-order valence-electron chi connectivity index (χ1n) is 5.04. The summed E-state index contributed by atoms with van der Waals surface area (Å²) in [5.74, 6) is 1.55. The zero-order valence-electron chi connectivity index (χ0n) is 9.42. The molecule has 0 aliphatic heterocycles. The largest absolute Gasteiger partial charge is 0.493 e. The molecule has 78 valence electrons. The van der Waals surface area contributed by atoms with Gasteiger partial charge in [-0.1, -0.05) is 13.8 Å². The Kier molecular flexibility index (Phi) is 3.81. The number of rotatable bonds is 4. The van der Waals surface area contributed by atoms with Crippen LogP contribution in [0.25, 0.3) is 0 Å². The Bertz CT molecular complexity index is 294. The molecule has 14 heavy (non-hydrogen) atoms. The Balaban J connectivity index is 2.69. The van der Waals surface area contributed by atoms with E-state index in [0.29, 0.717) is 5.92 Å². The summed E-state index contributed by atoms with van der Waals surface area (Å²) in [5, 5.41) is 3.10. The molecular formula is C12H19NO. The van der Waals surface area contributed by atoms with Crippen LogP contribution in [-0.4, -0.2) is 13.7 Å². The summed E-state index contributed by atoms with van der Waals surface area (Å²) in [5.41, 5.74) is 2.30. The van der Waals surface area contributed by atoms with E-state index in [0.717, 1.165) is 18.0 Å². The topological polar surface area (TPSA) is 21.3 Å². The molecule has 0 aromatic heterocycles. The molecule has 0 atom stereocenters. The van der Waals surface area contributed by atoms with Crippen LogP contribution in [-0.2, 0) is 0 Å². The normalized spacial score (nSPS) is 10.4. The number of aryl methyl sites for hydroxylation is 1. The van der Waals surface area contributed by atoms with E-state index < -0.39 is 0 Å². The molecule has 1 aromatic rings. The van der Waals surface area contributed by atoms with Gasteiger partial charge in [0.15, 0.2) is 0 Å². The number of nitrogens with one attached hydrogen (secondary N) is 1. The molecule has 1 N–H and O–H groups in total. The molecule has 0 heterocycles. The fourth-order valence-corrected chi connectivity index (χ4v) is 1.22. The van der Waals surface area contributed by atoms with Crippen molar-refractivity contribution in [3.63, 3.8) is 0 Å². The molecule has 0 aliphatic rings. The Hall–Kier alpha value is -1.18. The highest BCUT2D eigenvalue weighted by molar-refractivity contribution is 5.50. The van der Waals surface area contributed by atoms with Crippen molar-refractivity contribution in [2.24, 2.45) is 5.92 Å². The summed E-state index contributed by atoms with van der Waals surface area (Å²) in [6.07, 6.45) is 0. The molecule has 0 aliphatic carbocycles. The number of hydrogen-bond acceptors (Lipinski definition) is 2. The highest BCUT2D eigenvalue weighted by Crippen LogP contribution is 2.21. The summed E-state index contributed by atoms with van der Waals surface area (Å²) in [6, 6.07) is 6.14. The monoisotopic (exact) mass is 193 g/mol. The third-order valence-corrected chi connectivity index (χ3v) is 2.04. The fourth-order valence-electron chi connectivity index (χ4n) is 1.22. The number of anilines is 1. The second-order valence-corrected chi connectivity index (χ2v) is 3.94. The van der Waals surface area contributed by atoms with Crippen molar-refractivity contribution >= 4 is 5.69 Å². The molecule has 1 rings (SSSR count). The van der Waals surface area contributed by atoms with Crippen molar-refractivity contribution in [3.05, 3.63) is 23.8 Å². The van der Waals surface area contributed by atoms with E-state index >= 15 is 0 Å². The summed E-state index contributed by atoms with van der Waals surface area (Å²) in [7, 11) is 1.92. The van der Waals surface area contributed by atoms with Gasteiger partial charge < -0.3 is 10.1 Å². The van der Waals surface area contributed by atoms with Crippen LogP contribution in [0.5, 0.6) is 5.75 Å². The third kappa shape index (κ3) is 2.95. The third-order valence-electron chi connectivity index (χ3n) is 2.04. The molecule has 1 aromatic carbocycles. The van der Waals surface area contributed by atoms with Gasteiger partial charge in [0, 0.05) is 12.7 Å². The lowest BCUT2D eigenvalue weighted by atomic mass is 10.2. The van der Waals surface area contributed by atoms with Crippen LogP contribution in [0.15, 0.2) is 18.2 Å². The van der Waals surface area contributed by atoms with E-state index in [-0.39, 0.29) is 0 Å². The summed E-state index contributed by atoms with van der Waals surface area (Å²) < 4.78 is 5.67. The Morgan fingerprint density at radius 2 is 2.07 bits per heavy atom. The van der Waals surface area contributed by atoms with Gasteiger partial charge in [-0.2, -0.15) is 0 Å². The zero-order chi connectivity index (χ0) is 10.6. The van der Waals surface area contributed by atoms with Crippen molar-refractivity contribution in [2.75, 3.05) is 19.0 Å². The maximum atomic E-state index is 5.67. The lowest BCUT2D eigenvalue weighted by Crippen LogP contribution is -2.05. The minimum atomic E-state index is 0.568. The van der Waals surface area contributed by atoms with Crippen molar-refractivity contribution in [3.8, 4) is 5.75 Å². The van der Waals surface area contributed by atoms with Crippen molar-refractivity contribution in [2.45, 2.75) is 20.8 Å². The summed E-state index contributed by atoms with van der Waals surface area (Å²) in [4.78, 5) is 0. The van der Waals surface area contributed by atoms with Gasteiger partial charge in [-0.05, 0) is 36.6 Å². The maximum Gasteiger partial charge on any atom is 0.122 e. The minimum absolute atomic E-state index is 0.568. The molecule has 2 nitrogen and oxygen atoms in total. The van der Waals surface area contributed by atoms with Gasteiger partial charge >= 0.3 is 0 Å². The molecular weight excluding hydrogens is 174 g/mol. The second-order valence-electron chi connectivity index (χ2n) is 3.94. The zero-order valence-corrected chi connectivity index (χ0v) is 9.42. The second kappa shape index (κ2) is 4.89. The smallest absolute Gasteiger partial charge is 0.122 e. The quantitative estimate of drug-likeness (QED) is 0.793. The highest BCUT2D eigenvalue weighted by Gasteiger charge is 2.01. The van der Waals surface area contributed by atoms with Gasteiger partial charge in [-0.3, -0.25) is 0 Å². The van der Waals surface area contributed by atoms with Gasteiger partial charge in [0.25, 0.3) is 0 Å². The van der Waals surface area contributed by atoms with Crippen LogP contribution in [0.3, 0.4) is 0 Å². The molecule has 0 saturated carbocycles. The first-order valence-corrected chi connectivity index (χ1v) is 5.04. The van der Waals surface area contributed by atoms with Crippen LogP contribution in [0.4, 0.5) is 5.69 Å². The molecule has 2 heteroatoms. The Labute approximate surface area is 86.3 Å². The predicted molar refractivity (Wildman–Crippen MR) is 61.1 cm³/mol. The average molecular weight is 193 g/mol. The van der Waals surface area contributed by atoms with Gasteiger partial charge in [-0.15, -0.1) is 0 Å². The van der Waals surface area contributed by atoms with Gasteiger partial charge in [-0.25, -0.2) is 0 Å². The molecule has 0 fully saturated rings. The number of ether oxygens (including phenoxy) is 1. The molecule has 0 radical (unpaired) electrons. The van der Waals surface area contributed by atoms with Crippen LogP contribution in [0, 0.1) is 12.8 Å². The Morgan fingerprint density at radius 1 is 1.36 bits per heavy atom. The van der Waals surface area contributed by atoms with E-state index in [1.54, 1.807) is 0 Å². The molecule has 0 bridgehead atoms. The van der Waals surface area contributed by atoms with Gasteiger partial charge in [0.1, 0.15) is 5.75 Å². The van der Waals surface area contributed by atoms with Gasteiger partial charge in [0.05, 0.1) is 6.61 Å². The number of benzene rings is 1. The van der Waals surface area contributed by atoms with Crippen LogP contribution < -0.4 is 10.1 Å². The highest BCUT2D eigenvalue weighted by atomic mass is 16.5. The van der Waals surface area contributed by atoms with Crippen LogP contribution >= 0.6 is 0 Å². The SMILES string of the molecule is CNc1ccc(OCC(C)C)c(C)c1. The molecule has 0 spiro atoms. The molecule has 0 amide bonds. The maximum absolute atomic E-state index is 5.67. The standard InChI is InChI=1S/C12H19NO/c1-9(2)8-14-12-6-5-11(13-4)7-10(12)3/h5-7,9,13H,8H2,1-4H3. The van der Waals surface area contributed by atoms with E-state index in [1.807, 2.05) is 19.2 Å². The lowest BCUT2D eigenvalue weighted by molar-refractivity contribution is 0.269. The predicted octanol–water partition coefficient (Wildman–Crippen LogP) is 3.07. The average Bonchev–Trinajstić information content (AvgIpc) is 2.15. The summed E-state index contributed by atoms with van der Waals surface area (Å²) >= 11 is 0. The van der Waals surface area contributed by atoms with E-state index in [4.69, 9.17) is 4.74 Å². The van der Waals surface area contributed by atoms with E-state index in [9.17, 15) is 0 Å². The number of hydrogen-bond donors (Lipinski definition) is 1. The minimum Gasteiger partial charge on any atom is -0.493 e. The van der Waals surface area contributed by atoms with Crippen molar-refractivity contribution < 1.29 is 4.74 Å². The van der Waals surface area contributed by atoms with Crippen LogP contribution in [0.1, 0.15) is 19.4 Å². The van der Waals surface area contributed by atoms with Crippen LogP contribution in [0.2, 0.25) is 0 Å². The molecule has 0 unspecified atom stereocenters. The van der Waals surface area contributed by atoms with E-state index in [2.05, 4.69) is 32.2 Å². The fraction of sp³-hybridized carbons (Fsp3) is 0.500. The lowest BCUT2D eigenvalue weighted by Gasteiger charge is -2.12. The molecule has 0 saturated heterocycles.